The van der Waals surface area contributed by atoms with Crippen molar-refractivity contribution < 1.29 is 14.6 Å². The van der Waals surface area contributed by atoms with E-state index in [1.54, 1.807) is 18.2 Å². The second-order valence-electron chi connectivity index (χ2n) is 8.84. The number of carbonyl (C=O) groups is 1. The largest absolute Gasteiger partial charge is 0.507 e. The van der Waals surface area contributed by atoms with Gasteiger partial charge in [0.1, 0.15) is 11.5 Å². The van der Waals surface area contributed by atoms with E-state index in [1.807, 2.05) is 0 Å². The molecule has 3 nitrogen and oxygen atoms in total. The molecule has 30 heavy (non-hydrogen) atoms. The molecular formula is C27H46O3. The van der Waals surface area contributed by atoms with Crippen LogP contribution in [0.15, 0.2) is 18.2 Å². The quantitative estimate of drug-likeness (QED) is 0.170. The molecule has 1 aromatic carbocycles. The summed E-state index contributed by atoms with van der Waals surface area (Å²) >= 11 is 0. The van der Waals surface area contributed by atoms with Gasteiger partial charge in [-0.05, 0) is 30.9 Å². The fraction of sp³-hybridized carbons (Fsp3) is 0.741. The molecule has 0 saturated heterocycles. The molecule has 0 heterocycles. The summed E-state index contributed by atoms with van der Waals surface area (Å²) in [5, 5.41) is 9.87. The lowest BCUT2D eigenvalue weighted by Gasteiger charge is -2.18. The Morgan fingerprint density at radius 2 is 1.30 bits per heavy atom. The first-order valence-electron chi connectivity index (χ1n) is 12.6. The Hall–Kier alpha value is -1.51. The first kappa shape index (κ1) is 26.5. The summed E-state index contributed by atoms with van der Waals surface area (Å²) < 4.78 is 5.99. The zero-order valence-corrected chi connectivity index (χ0v) is 19.7. The highest BCUT2D eigenvalue weighted by Crippen LogP contribution is 2.25. The van der Waals surface area contributed by atoms with Crippen LogP contribution in [0.3, 0.4) is 0 Å². The summed E-state index contributed by atoms with van der Waals surface area (Å²) in [5.41, 5.74) is 0.310. The fourth-order valence-corrected chi connectivity index (χ4v) is 4.02. The molecule has 0 saturated carbocycles. The standard InChI is InChI=1S/C27H46O3/c1-3-5-7-9-11-12-14-16-18-24(17-15-13-10-8-6-4-2)23-30-26-20-19-25(22-28)27(29)21-26/h19-22,24,29H,3-18,23H2,1-2H3. The van der Waals surface area contributed by atoms with Crippen molar-refractivity contribution in [2.45, 2.75) is 117 Å². The van der Waals surface area contributed by atoms with Crippen molar-refractivity contribution in [1.82, 2.24) is 0 Å². The van der Waals surface area contributed by atoms with Crippen LogP contribution >= 0.6 is 0 Å². The lowest BCUT2D eigenvalue weighted by Crippen LogP contribution is -2.12. The van der Waals surface area contributed by atoms with Gasteiger partial charge in [0.2, 0.25) is 0 Å². The third-order valence-electron chi connectivity index (χ3n) is 6.05. The van der Waals surface area contributed by atoms with E-state index in [9.17, 15) is 9.90 Å². The molecule has 1 rings (SSSR count). The third kappa shape index (κ3) is 12.9. The zero-order chi connectivity index (χ0) is 21.9. The maximum absolute atomic E-state index is 10.9. The number of ether oxygens (including phenoxy) is 1. The number of hydrogen-bond acceptors (Lipinski definition) is 3. The molecule has 0 spiro atoms. The van der Waals surface area contributed by atoms with E-state index in [4.69, 9.17) is 4.74 Å². The molecule has 1 unspecified atom stereocenters. The van der Waals surface area contributed by atoms with Gasteiger partial charge < -0.3 is 9.84 Å². The van der Waals surface area contributed by atoms with Crippen LogP contribution in [0, 0.1) is 5.92 Å². The van der Waals surface area contributed by atoms with Crippen molar-refractivity contribution in [3.05, 3.63) is 23.8 Å². The summed E-state index contributed by atoms with van der Waals surface area (Å²) in [4.78, 5) is 10.9. The number of hydrogen-bond donors (Lipinski definition) is 1. The van der Waals surface area contributed by atoms with E-state index in [2.05, 4.69) is 13.8 Å². The molecule has 0 radical (unpaired) electrons. The highest BCUT2D eigenvalue weighted by molar-refractivity contribution is 5.79. The number of aromatic hydroxyl groups is 1. The van der Waals surface area contributed by atoms with Crippen molar-refractivity contribution in [3.8, 4) is 11.5 Å². The summed E-state index contributed by atoms with van der Waals surface area (Å²) in [7, 11) is 0. The van der Waals surface area contributed by atoms with Crippen LogP contribution in [-0.2, 0) is 0 Å². The van der Waals surface area contributed by atoms with Crippen LogP contribution in [0.4, 0.5) is 0 Å². The molecule has 0 bridgehead atoms. The summed E-state index contributed by atoms with van der Waals surface area (Å²) in [5.74, 6) is 1.23. The Morgan fingerprint density at radius 1 is 0.800 bits per heavy atom. The minimum absolute atomic E-state index is 0.00181. The van der Waals surface area contributed by atoms with Crippen LogP contribution in [0.25, 0.3) is 0 Å². The number of benzene rings is 1. The van der Waals surface area contributed by atoms with E-state index in [0.29, 0.717) is 30.1 Å². The van der Waals surface area contributed by atoms with Crippen LogP contribution in [0.2, 0.25) is 0 Å². The van der Waals surface area contributed by atoms with E-state index in [0.717, 1.165) is 0 Å². The van der Waals surface area contributed by atoms with Gasteiger partial charge in [-0.1, -0.05) is 104 Å². The normalized spacial score (nSPS) is 12.1. The van der Waals surface area contributed by atoms with E-state index >= 15 is 0 Å². The van der Waals surface area contributed by atoms with Crippen molar-refractivity contribution in [1.29, 1.82) is 0 Å². The van der Waals surface area contributed by atoms with Crippen LogP contribution < -0.4 is 4.74 Å². The maximum Gasteiger partial charge on any atom is 0.153 e. The molecule has 0 amide bonds. The monoisotopic (exact) mass is 418 g/mol. The molecule has 0 aliphatic rings. The molecule has 0 aromatic heterocycles. The Kier molecular flexibility index (Phi) is 16.2. The zero-order valence-electron chi connectivity index (χ0n) is 19.7. The first-order chi connectivity index (χ1) is 14.7. The lowest BCUT2D eigenvalue weighted by molar-refractivity contribution is 0.112. The fourth-order valence-electron chi connectivity index (χ4n) is 4.02. The van der Waals surface area contributed by atoms with Gasteiger partial charge in [0.25, 0.3) is 0 Å². The molecule has 0 aliphatic carbocycles. The average Bonchev–Trinajstić information content (AvgIpc) is 2.75. The van der Waals surface area contributed by atoms with Gasteiger partial charge in [-0.2, -0.15) is 0 Å². The molecule has 1 atom stereocenters. The van der Waals surface area contributed by atoms with Crippen molar-refractivity contribution in [2.75, 3.05) is 6.61 Å². The van der Waals surface area contributed by atoms with Gasteiger partial charge >= 0.3 is 0 Å². The highest BCUT2D eigenvalue weighted by atomic mass is 16.5. The van der Waals surface area contributed by atoms with Gasteiger partial charge in [0.15, 0.2) is 6.29 Å². The summed E-state index contributed by atoms with van der Waals surface area (Å²) in [6.45, 7) is 5.23. The Labute approximate surface area is 185 Å². The highest BCUT2D eigenvalue weighted by Gasteiger charge is 2.11. The van der Waals surface area contributed by atoms with Crippen molar-refractivity contribution >= 4 is 6.29 Å². The molecule has 0 aliphatic heterocycles. The molecule has 1 aromatic rings. The number of aldehydes is 1. The molecule has 1 N–H and O–H groups in total. The van der Waals surface area contributed by atoms with Crippen molar-refractivity contribution in [3.63, 3.8) is 0 Å². The van der Waals surface area contributed by atoms with E-state index in [1.165, 1.54) is 103 Å². The lowest BCUT2D eigenvalue weighted by atomic mass is 9.94. The molecule has 3 heteroatoms. The smallest absolute Gasteiger partial charge is 0.153 e. The second kappa shape index (κ2) is 18.3. The third-order valence-corrected chi connectivity index (χ3v) is 6.05. The SMILES string of the molecule is CCCCCCCCCCC(CCCCCCCC)COc1ccc(C=O)c(O)c1. The minimum atomic E-state index is -0.00181. The number of carbonyl (C=O) groups excluding carboxylic acids is 1. The number of rotatable bonds is 20. The number of phenols is 1. The van der Waals surface area contributed by atoms with Gasteiger partial charge in [0.05, 0.1) is 12.2 Å². The average molecular weight is 419 g/mol. The maximum atomic E-state index is 10.9. The van der Waals surface area contributed by atoms with E-state index < -0.39 is 0 Å². The van der Waals surface area contributed by atoms with Gasteiger partial charge in [-0.25, -0.2) is 0 Å². The number of phenolic OH excluding ortho intramolecular Hbond substituents is 1. The summed E-state index contributed by atoms with van der Waals surface area (Å²) in [6, 6.07) is 4.96. The van der Waals surface area contributed by atoms with Crippen LogP contribution in [0.1, 0.15) is 127 Å². The first-order valence-corrected chi connectivity index (χ1v) is 12.6. The predicted octanol–water partition coefficient (Wildman–Crippen LogP) is 8.48. The van der Waals surface area contributed by atoms with Crippen molar-refractivity contribution in [2.24, 2.45) is 5.92 Å². The Bertz CT molecular complexity index is 541. The molecule has 172 valence electrons. The van der Waals surface area contributed by atoms with Gasteiger partial charge in [-0.3, -0.25) is 4.79 Å². The van der Waals surface area contributed by atoms with Crippen LogP contribution in [-0.4, -0.2) is 18.0 Å². The van der Waals surface area contributed by atoms with E-state index in [-0.39, 0.29) is 5.75 Å². The van der Waals surface area contributed by atoms with Gasteiger partial charge in [-0.15, -0.1) is 0 Å². The minimum Gasteiger partial charge on any atom is -0.507 e. The Morgan fingerprint density at radius 3 is 1.77 bits per heavy atom. The van der Waals surface area contributed by atoms with Crippen LogP contribution in [0.5, 0.6) is 11.5 Å². The predicted molar refractivity (Wildman–Crippen MR) is 128 cm³/mol. The topological polar surface area (TPSA) is 46.5 Å². The number of unbranched alkanes of at least 4 members (excludes halogenated alkanes) is 12. The summed E-state index contributed by atoms with van der Waals surface area (Å²) in [6.07, 6.45) is 21.9. The Balaban J connectivity index is 2.35. The molecular weight excluding hydrogens is 372 g/mol. The van der Waals surface area contributed by atoms with Gasteiger partial charge in [0, 0.05) is 6.07 Å². The second-order valence-corrected chi connectivity index (χ2v) is 8.84. The molecule has 0 fully saturated rings.